The predicted molar refractivity (Wildman–Crippen MR) is 236 cm³/mol. The van der Waals surface area contributed by atoms with E-state index in [1.807, 2.05) is 60.7 Å². The fraction of sp³-hybridized carbons (Fsp3) is 0.500. The van der Waals surface area contributed by atoms with Crippen LogP contribution in [0.1, 0.15) is 146 Å². The molecule has 57 heavy (non-hydrogen) atoms. The van der Waals surface area contributed by atoms with Gasteiger partial charge >= 0.3 is 0 Å². The molecule has 0 radical (unpaired) electrons. The van der Waals surface area contributed by atoms with Crippen molar-refractivity contribution in [2.45, 2.75) is 140 Å². The molecule has 2 aliphatic rings. The molecule has 0 aliphatic heterocycles. The first-order chi connectivity index (χ1) is 26.8. The van der Waals surface area contributed by atoms with Crippen LogP contribution in [0.5, 0.6) is 11.5 Å². The number of methoxy groups -OCH3 is 2. The second-order valence-electron chi connectivity index (χ2n) is 16.9. The summed E-state index contributed by atoms with van der Waals surface area (Å²) >= 11 is 0. The molecule has 2 N–H and O–H groups in total. The Bertz CT molecular complexity index is 2060. The second-order valence-corrected chi connectivity index (χ2v) is 21.2. The molecule has 0 saturated heterocycles. The number of para-hydroxylation sites is 1. The van der Waals surface area contributed by atoms with Crippen LogP contribution in [0.3, 0.4) is 0 Å². The Morgan fingerprint density at radius 3 is 1.81 bits per heavy atom. The molecule has 9 heteroatoms. The van der Waals surface area contributed by atoms with Gasteiger partial charge in [0.2, 0.25) is 0 Å². The van der Waals surface area contributed by atoms with Gasteiger partial charge in [-0.2, -0.15) is 8.42 Å². The molecule has 2 fully saturated rings. The van der Waals surface area contributed by atoms with Gasteiger partial charge in [-0.15, -0.1) is 0 Å². The van der Waals surface area contributed by atoms with E-state index in [1.54, 1.807) is 14.2 Å². The van der Waals surface area contributed by atoms with Crippen molar-refractivity contribution in [3.8, 4) is 33.8 Å². The Hall–Kier alpha value is -2.72. The maximum atomic E-state index is 14.9. The molecule has 6 nitrogen and oxygen atoms in total. The summed E-state index contributed by atoms with van der Waals surface area (Å²) in [6, 6.07) is 24.2. The van der Waals surface area contributed by atoms with E-state index in [4.69, 9.17) is 19.4 Å². The Balaban J connectivity index is 0.00000620. The topological polar surface area (TPSA) is 87.9 Å². The van der Waals surface area contributed by atoms with Gasteiger partial charge in [-0.05, 0) is 109 Å². The average molecular weight is 905 g/mol. The van der Waals surface area contributed by atoms with Gasteiger partial charge in [0.15, 0.2) is 0 Å². The Kier molecular flexibility index (Phi) is 15.6. The first kappa shape index (κ1) is 45.4. The minimum Gasteiger partial charge on any atom is -0.496 e. The summed E-state index contributed by atoms with van der Waals surface area (Å²) in [5.74, 6) is 2.22. The summed E-state index contributed by atoms with van der Waals surface area (Å²) < 4.78 is 49.6. The average Bonchev–Trinajstić information content (AvgIpc) is 3.18. The van der Waals surface area contributed by atoms with Gasteiger partial charge in [0.1, 0.15) is 22.6 Å². The maximum Gasteiger partial charge on any atom is 0.272 e. The molecule has 4 aromatic rings. The molecule has 0 bridgehead atoms. The number of hydrogen-bond donors (Lipinski definition) is 1. The molecular weight excluding hydrogens is 840 g/mol. The van der Waals surface area contributed by atoms with E-state index in [-0.39, 0.29) is 43.7 Å². The van der Waals surface area contributed by atoms with E-state index in [2.05, 4.69) is 53.7 Å². The number of ether oxygens (including phenoxy) is 2. The first-order valence-corrected chi connectivity index (χ1v) is 23.9. The summed E-state index contributed by atoms with van der Waals surface area (Å²) in [5, 5.41) is 0.196. The Labute approximate surface area is 358 Å². The van der Waals surface area contributed by atoms with Crippen LogP contribution in [0.4, 0.5) is 5.69 Å². The third-order valence-electron chi connectivity index (χ3n) is 12.1. The van der Waals surface area contributed by atoms with Crippen LogP contribution >= 0.6 is 7.92 Å². The number of benzene rings is 4. The van der Waals surface area contributed by atoms with E-state index in [1.165, 1.54) is 28.7 Å². The maximum absolute atomic E-state index is 14.9. The van der Waals surface area contributed by atoms with Gasteiger partial charge in [0.05, 0.1) is 14.2 Å². The molecule has 312 valence electrons. The predicted octanol–water partition coefficient (Wildman–Crippen LogP) is 12.6. The molecule has 2 aliphatic carbocycles. The molecule has 0 heterocycles. The molecule has 6 rings (SSSR count). The largest absolute Gasteiger partial charge is 0.496 e. The molecule has 0 spiro atoms. The Morgan fingerprint density at radius 1 is 0.702 bits per heavy atom. The van der Waals surface area contributed by atoms with Crippen molar-refractivity contribution in [1.82, 2.24) is 0 Å². The first-order valence-electron chi connectivity index (χ1n) is 20.9. The zero-order valence-electron chi connectivity index (χ0n) is 35.3. The van der Waals surface area contributed by atoms with Gasteiger partial charge in [0, 0.05) is 42.5 Å². The third kappa shape index (κ3) is 9.85. The monoisotopic (exact) mass is 903 g/mol. The third-order valence-corrected chi connectivity index (χ3v) is 17.0. The normalized spacial score (nSPS) is 16.8. The van der Waals surface area contributed by atoms with E-state index < -0.39 is 23.4 Å². The van der Waals surface area contributed by atoms with Gasteiger partial charge in [-0.1, -0.05) is 135 Å². The number of nitrogen functional groups attached to an aromatic ring is 1. The van der Waals surface area contributed by atoms with Crippen LogP contribution in [-0.4, -0.2) is 33.6 Å². The standard InChI is InChI=1S/C48H64NO5PS.Pd/c1-32(2)36-29-40(33(3)4)45(41(30-36)34(5)6)46-43(52-7)25-26-44(53-8)47(46)55(37-20-11-9-12-21-37)48(27-17-10-18-28-48)54-56(50,51)31-35-19-13-14-22-38(35)39-23-15-16-24-42(39)49;/h13-16,19,22-26,29-30,32-34,37H,9-12,17-18,20-21,27-28,31,49H2,1-8H3;. The fourth-order valence-electron chi connectivity index (χ4n) is 9.25. The van der Waals surface area contributed by atoms with Gasteiger partial charge < -0.3 is 15.2 Å². The minimum absolute atomic E-state index is 0. The number of hydrogen-bond acceptors (Lipinski definition) is 6. The molecule has 2 saturated carbocycles. The minimum atomic E-state index is -4.10. The van der Waals surface area contributed by atoms with Crippen LogP contribution < -0.4 is 20.5 Å². The van der Waals surface area contributed by atoms with Crippen LogP contribution in [0, 0.1) is 0 Å². The number of nitrogens with two attached hydrogens (primary N) is 1. The van der Waals surface area contributed by atoms with Crippen molar-refractivity contribution < 1.29 is 42.5 Å². The van der Waals surface area contributed by atoms with Crippen molar-refractivity contribution in [2.75, 3.05) is 20.0 Å². The van der Waals surface area contributed by atoms with E-state index in [0.717, 1.165) is 78.4 Å². The van der Waals surface area contributed by atoms with Crippen molar-refractivity contribution in [2.24, 2.45) is 0 Å². The smallest absolute Gasteiger partial charge is 0.272 e. The summed E-state index contributed by atoms with van der Waals surface area (Å²) in [6.45, 7) is 13.7. The number of rotatable bonds is 14. The number of anilines is 1. The van der Waals surface area contributed by atoms with Crippen molar-refractivity contribution in [1.29, 1.82) is 0 Å². The van der Waals surface area contributed by atoms with Gasteiger partial charge in [-0.25, -0.2) is 0 Å². The quantitative estimate of drug-likeness (QED) is 0.0587. The molecular formula is C48H64NO5PPdS. The second kappa shape index (κ2) is 19.6. The van der Waals surface area contributed by atoms with Crippen LogP contribution in [0.25, 0.3) is 22.3 Å². The zero-order chi connectivity index (χ0) is 40.2. The summed E-state index contributed by atoms with van der Waals surface area (Å²) in [7, 11) is -1.85. The van der Waals surface area contributed by atoms with Crippen LogP contribution in [0.2, 0.25) is 0 Å². The van der Waals surface area contributed by atoms with Gasteiger partial charge in [-0.3, -0.25) is 4.18 Å². The van der Waals surface area contributed by atoms with E-state index in [9.17, 15) is 8.42 Å². The van der Waals surface area contributed by atoms with Crippen molar-refractivity contribution >= 4 is 29.0 Å². The van der Waals surface area contributed by atoms with Crippen LogP contribution in [0.15, 0.2) is 72.8 Å². The van der Waals surface area contributed by atoms with Crippen LogP contribution in [-0.2, 0) is 40.5 Å². The summed E-state index contributed by atoms with van der Waals surface area (Å²) in [5.41, 5.74) is 15.8. The summed E-state index contributed by atoms with van der Waals surface area (Å²) in [6.07, 6.45) is 9.76. The zero-order valence-corrected chi connectivity index (χ0v) is 38.6. The van der Waals surface area contributed by atoms with Crippen molar-refractivity contribution in [3.05, 3.63) is 95.1 Å². The van der Waals surface area contributed by atoms with Crippen molar-refractivity contribution in [3.63, 3.8) is 0 Å². The molecule has 1 atom stereocenters. The molecule has 4 aromatic carbocycles. The van der Waals surface area contributed by atoms with Gasteiger partial charge in [0.25, 0.3) is 10.1 Å². The SMILES string of the molecule is COc1ccc(OC)c(P(C2CCCCC2)C2(OS(=O)(=O)Cc3ccccc3-c3ccccc3N)CCCCC2)c1-c1c(C(C)C)cc(C(C)C)cc1C(C)C.[Pd]. The van der Waals surface area contributed by atoms with E-state index in [0.29, 0.717) is 30.0 Å². The summed E-state index contributed by atoms with van der Waals surface area (Å²) in [4.78, 5) is 0. The van der Waals surface area contributed by atoms with E-state index >= 15 is 0 Å². The molecule has 0 amide bonds. The Morgan fingerprint density at radius 2 is 1.25 bits per heavy atom. The fourth-order valence-corrected chi connectivity index (χ4v) is 15.2. The molecule has 0 aromatic heterocycles. The molecule has 1 unspecified atom stereocenters.